The number of hydrogen-bond acceptors (Lipinski definition) is 2. The van der Waals surface area contributed by atoms with Crippen molar-refractivity contribution in [1.82, 2.24) is 0 Å². The molecule has 0 radical (unpaired) electrons. The second kappa shape index (κ2) is 3.00. The smallest absolute Gasteiger partial charge is 0.0595 e. The van der Waals surface area contributed by atoms with E-state index in [0.717, 1.165) is 25.7 Å². The summed E-state index contributed by atoms with van der Waals surface area (Å²) in [4.78, 5) is 0. The summed E-state index contributed by atoms with van der Waals surface area (Å²) in [6.45, 7) is 2.13. The van der Waals surface area contributed by atoms with Crippen LogP contribution < -0.4 is 0 Å². The van der Waals surface area contributed by atoms with Crippen LogP contribution in [-0.4, -0.2) is 22.4 Å². The van der Waals surface area contributed by atoms with Crippen LogP contribution in [0.15, 0.2) is 0 Å². The molecule has 2 aliphatic carbocycles. The van der Waals surface area contributed by atoms with E-state index in [-0.39, 0.29) is 12.2 Å². The van der Waals surface area contributed by atoms with Crippen LogP contribution in [0, 0.1) is 17.8 Å². The Labute approximate surface area is 73.6 Å². The minimum atomic E-state index is -0.156. The molecule has 70 valence electrons. The van der Waals surface area contributed by atoms with Gasteiger partial charge in [0, 0.05) is 0 Å². The first-order chi connectivity index (χ1) is 5.66. The van der Waals surface area contributed by atoms with Gasteiger partial charge in [0.2, 0.25) is 0 Å². The Morgan fingerprint density at radius 3 is 2.50 bits per heavy atom. The lowest BCUT2D eigenvalue weighted by Crippen LogP contribution is -2.42. The summed E-state index contributed by atoms with van der Waals surface area (Å²) in [7, 11) is 0. The van der Waals surface area contributed by atoms with Crippen LogP contribution in [0.2, 0.25) is 0 Å². The number of aliphatic hydroxyl groups excluding tert-OH is 2. The normalized spacial score (nSPS) is 53.8. The van der Waals surface area contributed by atoms with E-state index in [0.29, 0.717) is 17.8 Å². The maximum absolute atomic E-state index is 9.80. The third kappa shape index (κ3) is 1.38. The van der Waals surface area contributed by atoms with Crippen molar-refractivity contribution in [3.05, 3.63) is 0 Å². The van der Waals surface area contributed by atoms with Crippen molar-refractivity contribution in [2.24, 2.45) is 17.8 Å². The van der Waals surface area contributed by atoms with Crippen molar-refractivity contribution in [3.63, 3.8) is 0 Å². The molecule has 0 spiro atoms. The molecule has 0 aromatic carbocycles. The quantitative estimate of drug-likeness (QED) is 0.573. The molecule has 2 saturated carbocycles. The van der Waals surface area contributed by atoms with Gasteiger partial charge in [-0.15, -0.1) is 0 Å². The zero-order chi connectivity index (χ0) is 8.72. The molecule has 0 aromatic heterocycles. The largest absolute Gasteiger partial charge is 0.393 e. The van der Waals surface area contributed by atoms with Crippen LogP contribution in [0.4, 0.5) is 0 Å². The molecule has 0 aliphatic heterocycles. The predicted octanol–water partition coefficient (Wildman–Crippen LogP) is 1.16. The Kier molecular flexibility index (Phi) is 2.13. The molecule has 2 nitrogen and oxygen atoms in total. The van der Waals surface area contributed by atoms with Crippen LogP contribution in [0.5, 0.6) is 0 Å². The van der Waals surface area contributed by atoms with Gasteiger partial charge in [-0.3, -0.25) is 0 Å². The molecule has 0 amide bonds. The number of hydrogen-bond donors (Lipinski definition) is 2. The summed E-state index contributed by atoms with van der Waals surface area (Å²) in [6.07, 6.45) is 3.74. The standard InChI is InChI=1S/C10H18O2/c1-6-2-7-3-8(10(6)12)5-9(11)4-7/h6-12H,2-5H2,1H3. The summed E-state index contributed by atoms with van der Waals surface area (Å²) < 4.78 is 0. The molecule has 2 bridgehead atoms. The molecule has 2 fully saturated rings. The van der Waals surface area contributed by atoms with Crippen LogP contribution >= 0.6 is 0 Å². The van der Waals surface area contributed by atoms with Crippen LogP contribution in [0.1, 0.15) is 32.6 Å². The molecule has 5 unspecified atom stereocenters. The highest BCUT2D eigenvalue weighted by molar-refractivity contribution is 4.90. The van der Waals surface area contributed by atoms with E-state index < -0.39 is 0 Å². The first-order valence-electron chi connectivity index (χ1n) is 5.03. The predicted molar refractivity (Wildman–Crippen MR) is 46.6 cm³/mol. The van der Waals surface area contributed by atoms with Crippen LogP contribution in [0.25, 0.3) is 0 Å². The monoisotopic (exact) mass is 170 g/mol. The number of fused-ring (bicyclic) bond motifs is 2. The van der Waals surface area contributed by atoms with Crippen molar-refractivity contribution in [2.75, 3.05) is 0 Å². The van der Waals surface area contributed by atoms with Crippen LogP contribution in [-0.2, 0) is 0 Å². The van der Waals surface area contributed by atoms with E-state index in [1.165, 1.54) is 0 Å². The van der Waals surface area contributed by atoms with Gasteiger partial charge in [0.25, 0.3) is 0 Å². The van der Waals surface area contributed by atoms with Crippen molar-refractivity contribution >= 4 is 0 Å². The molecule has 0 saturated heterocycles. The minimum absolute atomic E-state index is 0.143. The van der Waals surface area contributed by atoms with Gasteiger partial charge in [-0.05, 0) is 43.4 Å². The summed E-state index contributed by atoms with van der Waals surface area (Å²) >= 11 is 0. The Hall–Kier alpha value is -0.0800. The van der Waals surface area contributed by atoms with E-state index in [2.05, 4.69) is 6.92 Å². The Bertz CT molecular complexity index is 165. The lowest BCUT2D eigenvalue weighted by Gasteiger charge is -2.43. The van der Waals surface area contributed by atoms with Crippen molar-refractivity contribution in [3.8, 4) is 0 Å². The molecule has 0 aromatic rings. The molecule has 2 N–H and O–H groups in total. The highest BCUT2D eigenvalue weighted by Gasteiger charge is 2.39. The van der Waals surface area contributed by atoms with Gasteiger partial charge in [0.05, 0.1) is 12.2 Å². The van der Waals surface area contributed by atoms with E-state index >= 15 is 0 Å². The first kappa shape index (κ1) is 8.52. The molecule has 2 rings (SSSR count). The third-order valence-corrected chi connectivity index (χ3v) is 3.59. The average Bonchev–Trinajstić information content (AvgIpc) is 1.99. The van der Waals surface area contributed by atoms with Crippen molar-refractivity contribution < 1.29 is 10.2 Å². The summed E-state index contributed by atoms with van der Waals surface area (Å²) in [5, 5.41) is 19.3. The zero-order valence-corrected chi connectivity index (χ0v) is 7.61. The van der Waals surface area contributed by atoms with Crippen LogP contribution in [0.3, 0.4) is 0 Å². The Balaban J connectivity index is 2.07. The molecule has 5 atom stereocenters. The van der Waals surface area contributed by atoms with E-state index in [9.17, 15) is 10.2 Å². The maximum atomic E-state index is 9.80. The highest BCUT2D eigenvalue weighted by atomic mass is 16.3. The van der Waals surface area contributed by atoms with Gasteiger partial charge >= 0.3 is 0 Å². The lowest BCUT2D eigenvalue weighted by molar-refractivity contribution is -0.0569. The minimum Gasteiger partial charge on any atom is -0.393 e. The fourth-order valence-electron chi connectivity index (χ4n) is 3.05. The fourth-order valence-corrected chi connectivity index (χ4v) is 3.05. The first-order valence-corrected chi connectivity index (χ1v) is 5.03. The average molecular weight is 170 g/mol. The number of rotatable bonds is 0. The molecule has 2 heteroatoms. The van der Waals surface area contributed by atoms with Gasteiger partial charge in [0.1, 0.15) is 0 Å². The molecule has 2 aliphatic rings. The number of aliphatic hydroxyl groups is 2. The van der Waals surface area contributed by atoms with Gasteiger partial charge in [-0.2, -0.15) is 0 Å². The van der Waals surface area contributed by atoms with E-state index in [1.807, 2.05) is 0 Å². The topological polar surface area (TPSA) is 40.5 Å². The molecule has 0 heterocycles. The lowest BCUT2D eigenvalue weighted by atomic mass is 9.66. The Morgan fingerprint density at radius 1 is 1.00 bits per heavy atom. The van der Waals surface area contributed by atoms with Gasteiger partial charge < -0.3 is 10.2 Å². The molecular weight excluding hydrogens is 152 g/mol. The second-order valence-electron chi connectivity index (χ2n) is 4.69. The van der Waals surface area contributed by atoms with E-state index in [1.54, 1.807) is 0 Å². The molecular formula is C10H18O2. The van der Waals surface area contributed by atoms with Crippen molar-refractivity contribution in [2.45, 2.75) is 44.8 Å². The molecule has 12 heavy (non-hydrogen) atoms. The Morgan fingerprint density at radius 2 is 1.75 bits per heavy atom. The van der Waals surface area contributed by atoms with Gasteiger partial charge in [0.15, 0.2) is 0 Å². The highest BCUT2D eigenvalue weighted by Crippen LogP contribution is 2.42. The van der Waals surface area contributed by atoms with Crippen molar-refractivity contribution in [1.29, 1.82) is 0 Å². The summed E-state index contributed by atoms with van der Waals surface area (Å²) in [5.74, 6) is 1.50. The van der Waals surface area contributed by atoms with E-state index in [4.69, 9.17) is 0 Å². The second-order valence-corrected chi connectivity index (χ2v) is 4.69. The maximum Gasteiger partial charge on any atom is 0.0595 e. The SMILES string of the molecule is CC1CC2CC(O)CC(C2)C1O. The zero-order valence-electron chi connectivity index (χ0n) is 7.61. The summed E-state index contributed by atoms with van der Waals surface area (Å²) in [5.41, 5.74) is 0. The van der Waals surface area contributed by atoms with Gasteiger partial charge in [-0.25, -0.2) is 0 Å². The van der Waals surface area contributed by atoms with Gasteiger partial charge in [-0.1, -0.05) is 6.92 Å². The summed E-state index contributed by atoms with van der Waals surface area (Å²) in [6, 6.07) is 0. The third-order valence-electron chi connectivity index (χ3n) is 3.59. The fraction of sp³-hybridized carbons (Fsp3) is 1.00.